The first-order valence-electron chi connectivity index (χ1n) is 3.43. The molecule has 52 valence electrons. The van der Waals surface area contributed by atoms with Gasteiger partial charge in [-0.3, -0.25) is 4.79 Å². The highest BCUT2D eigenvalue weighted by atomic mass is 35.5. The fourth-order valence-electron chi connectivity index (χ4n) is 1.25. The predicted molar refractivity (Wildman–Crippen MR) is 37.4 cm³/mol. The third-order valence-corrected chi connectivity index (χ3v) is 2.44. The van der Waals surface area contributed by atoms with Crippen molar-refractivity contribution in [3.8, 4) is 0 Å². The molecule has 0 spiro atoms. The van der Waals surface area contributed by atoms with Crippen LogP contribution in [0, 0.1) is 11.8 Å². The Morgan fingerprint density at radius 3 is 2.56 bits per heavy atom. The Balaban J connectivity index is 2.19. The highest BCUT2D eigenvalue weighted by Gasteiger charge is 2.31. The number of hydrogen-bond acceptors (Lipinski definition) is 1. The number of carbonyl (C=O) groups excluding carboxylic acids is 1. The van der Waals surface area contributed by atoms with E-state index >= 15 is 0 Å². The van der Waals surface area contributed by atoms with Crippen LogP contribution in [-0.4, -0.2) is 5.24 Å². The van der Waals surface area contributed by atoms with E-state index in [0.29, 0.717) is 0 Å². The summed E-state index contributed by atoms with van der Waals surface area (Å²) in [5, 5.41) is -0.139. The molecule has 0 radical (unpaired) electrons. The Bertz CT molecular complexity index is 116. The first-order valence-corrected chi connectivity index (χ1v) is 3.81. The molecule has 1 rings (SSSR count). The minimum atomic E-state index is -0.139. The van der Waals surface area contributed by atoms with Gasteiger partial charge < -0.3 is 0 Å². The normalized spacial score (nSPS) is 33.6. The number of rotatable bonds is 2. The Kier molecular flexibility index (Phi) is 2.12. The van der Waals surface area contributed by atoms with Crippen LogP contribution in [0.2, 0.25) is 0 Å². The van der Waals surface area contributed by atoms with E-state index in [1.54, 1.807) is 0 Å². The van der Waals surface area contributed by atoms with Crippen LogP contribution in [0.1, 0.15) is 26.2 Å². The van der Waals surface area contributed by atoms with Gasteiger partial charge in [0.1, 0.15) is 0 Å². The SMILES string of the molecule is CCC1CC(C(=O)Cl)C1. The van der Waals surface area contributed by atoms with Crippen molar-refractivity contribution in [2.24, 2.45) is 11.8 Å². The lowest BCUT2D eigenvalue weighted by Crippen LogP contribution is -2.27. The first kappa shape index (κ1) is 7.07. The quantitative estimate of drug-likeness (QED) is 0.546. The van der Waals surface area contributed by atoms with Gasteiger partial charge in [0.25, 0.3) is 0 Å². The molecular weight excluding hydrogens is 136 g/mol. The van der Waals surface area contributed by atoms with Crippen molar-refractivity contribution < 1.29 is 4.79 Å². The van der Waals surface area contributed by atoms with Crippen molar-refractivity contribution in [3.63, 3.8) is 0 Å². The maximum absolute atomic E-state index is 10.5. The van der Waals surface area contributed by atoms with Gasteiger partial charge in [0.15, 0.2) is 0 Å². The van der Waals surface area contributed by atoms with Crippen LogP contribution < -0.4 is 0 Å². The van der Waals surface area contributed by atoms with Crippen molar-refractivity contribution in [2.75, 3.05) is 0 Å². The zero-order valence-corrected chi connectivity index (χ0v) is 6.32. The summed E-state index contributed by atoms with van der Waals surface area (Å²) in [5.41, 5.74) is 0. The molecular formula is C7H11ClO. The fraction of sp³-hybridized carbons (Fsp3) is 0.857. The molecule has 9 heavy (non-hydrogen) atoms. The standard InChI is InChI=1S/C7H11ClO/c1-2-5-3-6(4-5)7(8)9/h5-6H,2-4H2,1H3. The van der Waals surface area contributed by atoms with E-state index in [1.165, 1.54) is 6.42 Å². The molecule has 0 amide bonds. The average Bonchev–Trinajstić information content (AvgIpc) is 1.61. The highest BCUT2D eigenvalue weighted by Crippen LogP contribution is 2.36. The maximum atomic E-state index is 10.5. The molecule has 0 atom stereocenters. The molecule has 0 bridgehead atoms. The summed E-state index contributed by atoms with van der Waals surface area (Å²) in [6, 6.07) is 0. The Labute approximate surface area is 60.4 Å². The molecule has 0 heterocycles. The van der Waals surface area contributed by atoms with Gasteiger partial charge in [-0.15, -0.1) is 0 Å². The van der Waals surface area contributed by atoms with Crippen LogP contribution >= 0.6 is 11.6 Å². The molecule has 1 fully saturated rings. The maximum Gasteiger partial charge on any atom is 0.224 e. The van der Waals surface area contributed by atoms with E-state index in [1.807, 2.05) is 0 Å². The second-order valence-electron chi connectivity index (χ2n) is 2.75. The molecule has 1 nitrogen and oxygen atoms in total. The molecule has 0 unspecified atom stereocenters. The molecule has 1 aliphatic rings. The smallest absolute Gasteiger partial charge is 0.224 e. The van der Waals surface area contributed by atoms with Gasteiger partial charge in [-0.05, 0) is 30.4 Å². The molecule has 0 saturated heterocycles. The summed E-state index contributed by atoms with van der Waals surface area (Å²) in [6.45, 7) is 2.15. The topological polar surface area (TPSA) is 17.1 Å². The first-order chi connectivity index (χ1) is 4.24. The monoisotopic (exact) mass is 146 g/mol. The molecule has 1 aliphatic carbocycles. The van der Waals surface area contributed by atoms with Gasteiger partial charge in [-0.1, -0.05) is 13.3 Å². The van der Waals surface area contributed by atoms with Crippen LogP contribution in [0.25, 0.3) is 0 Å². The van der Waals surface area contributed by atoms with Crippen LogP contribution in [0.4, 0.5) is 0 Å². The molecule has 0 aromatic rings. The predicted octanol–water partition coefficient (Wildman–Crippen LogP) is 2.19. The van der Waals surface area contributed by atoms with Crippen molar-refractivity contribution in [1.29, 1.82) is 0 Å². The number of hydrogen-bond donors (Lipinski definition) is 0. The number of carbonyl (C=O) groups is 1. The van der Waals surface area contributed by atoms with Crippen LogP contribution in [0.15, 0.2) is 0 Å². The lowest BCUT2D eigenvalue weighted by Gasteiger charge is -2.31. The molecule has 1 saturated carbocycles. The van der Waals surface area contributed by atoms with Gasteiger partial charge in [0.05, 0.1) is 0 Å². The van der Waals surface area contributed by atoms with Crippen molar-refractivity contribution in [2.45, 2.75) is 26.2 Å². The summed E-state index contributed by atoms with van der Waals surface area (Å²) >= 11 is 5.26. The lowest BCUT2D eigenvalue weighted by atomic mass is 9.74. The summed E-state index contributed by atoms with van der Waals surface area (Å²) < 4.78 is 0. The second-order valence-corrected chi connectivity index (χ2v) is 3.12. The largest absolute Gasteiger partial charge is 0.281 e. The molecule has 0 aliphatic heterocycles. The van der Waals surface area contributed by atoms with E-state index in [9.17, 15) is 4.79 Å². The van der Waals surface area contributed by atoms with E-state index < -0.39 is 0 Å². The third-order valence-electron chi connectivity index (χ3n) is 2.13. The van der Waals surface area contributed by atoms with Crippen LogP contribution in [-0.2, 0) is 4.79 Å². The molecule has 0 aromatic carbocycles. The van der Waals surface area contributed by atoms with Gasteiger partial charge in [0.2, 0.25) is 5.24 Å². The van der Waals surface area contributed by atoms with Gasteiger partial charge >= 0.3 is 0 Å². The minimum absolute atomic E-state index is 0.139. The summed E-state index contributed by atoms with van der Waals surface area (Å²) in [6.07, 6.45) is 3.25. The van der Waals surface area contributed by atoms with E-state index in [2.05, 4.69) is 6.92 Å². The average molecular weight is 147 g/mol. The Morgan fingerprint density at radius 1 is 1.67 bits per heavy atom. The van der Waals surface area contributed by atoms with Crippen LogP contribution in [0.5, 0.6) is 0 Å². The Hall–Kier alpha value is -0.0400. The van der Waals surface area contributed by atoms with E-state index in [0.717, 1.165) is 18.8 Å². The Morgan fingerprint density at radius 2 is 2.22 bits per heavy atom. The number of halogens is 1. The molecule has 0 aromatic heterocycles. The fourth-order valence-corrected chi connectivity index (χ4v) is 1.43. The van der Waals surface area contributed by atoms with Crippen LogP contribution in [0.3, 0.4) is 0 Å². The molecule has 0 N–H and O–H groups in total. The van der Waals surface area contributed by atoms with Gasteiger partial charge in [-0.25, -0.2) is 0 Å². The van der Waals surface area contributed by atoms with E-state index in [-0.39, 0.29) is 11.2 Å². The van der Waals surface area contributed by atoms with Crippen molar-refractivity contribution in [3.05, 3.63) is 0 Å². The summed E-state index contributed by atoms with van der Waals surface area (Å²) in [5.74, 6) is 0.967. The van der Waals surface area contributed by atoms with Gasteiger partial charge in [-0.2, -0.15) is 0 Å². The second kappa shape index (κ2) is 2.70. The highest BCUT2D eigenvalue weighted by molar-refractivity contribution is 6.64. The molecule has 2 heteroatoms. The zero-order chi connectivity index (χ0) is 6.85. The lowest BCUT2D eigenvalue weighted by molar-refractivity contribution is -0.118. The third kappa shape index (κ3) is 1.45. The summed E-state index contributed by atoms with van der Waals surface area (Å²) in [4.78, 5) is 10.5. The minimum Gasteiger partial charge on any atom is -0.281 e. The van der Waals surface area contributed by atoms with Gasteiger partial charge in [0, 0.05) is 5.92 Å². The van der Waals surface area contributed by atoms with Crippen molar-refractivity contribution in [1.82, 2.24) is 0 Å². The zero-order valence-electron chi connectivity index (χ0n) is 5.56. The summed E-state index contributed by atoms with van der Waals surface area (Å²) in [7, 11) is 0. The van der Waals surface area contributed by atoms with Crippen molar-refractivity contribution >= 4 is 16.8 Å². The van der Waals surface area contributed by atoms with E-state index in [4.69, 9.17) is 11.6 Å².